The van der Waals surface area contributed by atoms with Crippen molar-refractivity contribution in [2.45, 2.75) is 84.2 Å². The molecule has 0 aliphatic rings. The number of urea groups is 1. The molecule has 2 aromatic rings. The van der Waals surface area contributed by atoms with Crippen LogP contribution in [0.3, 0.4) is 0 Å². The van der Waals surface area contributed by atoms with Crippen LogP contribution in [0, 0.1) is 11.8 Å². The van der Waals surface area contributed by atoms with Gasteiger partial charge in [-0.1, -0.05) is 70.2 Å². The number of ether oxygens (including phenoxy) is 3. The molecule has 0 spiro atoms. The minimum atomic E-state index is -1.53. The van der Waals surface area contributed by atoms with E-state index < -0.39 is 71.9 Å². The van der Waals surface area contributed by atoms with Crippen LogP contribution in [0.1, 0.15) is 70.6 Å². The zero-order valence-corrected chi connectivity index (χ0v) is 31.2. The minimum Gasteiger partial charge on any atom is -0.467 e. The summed E-state index contributed by atoms with van der Waals surface area (Å²) in [5.41, 5.74) is 6.36. The maximum atomic E-state index is 13.7. The van der Waals surface area contributed by atoms with Crippen LogP contribution in [0.2, 0.25) is 0 Å². The summed E-state index contributed by atoms with van der Waals surface area (Å²) in [6.45, 7) is 7.28. The first-order valence-electron chi connectivity index (χ1n) is 17.5. The number of anilines is 1. The third kappa shape index (κ3) is 16.3. The van der Waals surface area contributed by atoms with Gasteiger partial charge in [0.2, 0.25) is 17.7 Å². The fourth-order valence-electron chi connectivity index (χ4n) is 4.83. The van der Waals surface area contributed by atoms with E-state index in [-0.39, 0.29) is 62.6 Å². The number of esters is 2. The van der Waals surface area contributed by atoms with E-state index in [1.807, 2.05) is 13.8 Å². The van der Waals surface area contributed by atoms with Crippen molar-refractivity contribution in [3.63, 3.8) is 0 Å². The van der Waals surface area contributed by atoms with Crippen LogP contribution >= 0.6 is 0 Å². The Morgan fingerprint density at radius 3 is 2.02 bits per heavy atom. The normalized spacial score (nSPS) is 13.0. The lowest BCUT2D eigenvalue weighted by molar-refractivity contribution is -0.150. The van der Waals surface area contributed by atoms with Gasteiger partial charge in [0.15, 0.2) is 6.10 Å². The van der Waals surface area contributed by atoms with E-state index in [1.165, 1.54) is 24.3 Å². The summed E-state index contributed by atoms with van der Waals surface area (Å²) >= 11 is 0. The predicted molar refractivity (Wildman–Crippen MR) is 196 cm³/mol. The highest BCUT2D eigenvalue weighted by atomic mass is 16.6. The first kappa shape index (κ1) is 44.5. The van der Waals surface area contributed by atoms with Crippen LogP contribution in [0.4, 0.5) is 15.3 Å². The highest BCUT2D eigenvalue weighted by Crippen LogP contribution is 2.18. The summed E-state index contributed by atoms with van der Waals surface area (Å²) in [5.74, 6) is -4.00. The van der Waals surface area contributed by atoms with E-state index in [4.69, 9.17) is 15.2 Å². The molecule has 6 amide bonds. The number of hydrogen-bond acceptors (Lipinski definition) is 11. The molecule has 296 valence electrons. The van der Waals surface area contributed by atoms with E-state index in [0.29, 0.717) is 5.56 Å². The van der Waals surface area contributed by atoms with Crippen LogP contribution in [0.5, 0.6) is 0 Å². The number of alkyl carbamates (subject to hydrolysis) is 1. The number of hydrogen-bond donors (Lipinski definition) is 7. The third-order valence-electron chi connectivity index (χ3n) is 7.80. The van der Waals surface area contributed by atoms with E-state index in [9.17, 15) is 38.7 Å². The maximum Gasteiger partial charge on any atom is 0.408 e. The fourth-order valence-corrected chi connectivity index (χ4v) is 4.83. The summed E-state index contributed by atoms with van der Waals surface area (Å²) in [6.07, 6.45) is -2.55. The van der Waals surface area contributed by atoms with E-state index in [0.717, 1.165) is 7.11 Å². The molecule has 1 unspecified atom stereocenters. The van der Waals surface area contributed by atoms with Gasteiger partial charge in [-0.3, -0.25) is 19.2 Å². The number of benzene rings is 2. The number of aliphatic hydroxyl groups excluding tert-OH is 1. The average Bonchev–Trinajstić information content (AvgIpc) is 3.14. The van der Waals surface area contributed by atoms with Crippen molar-refractivity contribution >= 4 is 47.5 Å². The molecule has 17 heteroatoms. The topological polar surface area (TPSA) is 254 Å². The smallest absolute Gasteiger partial charge is 0.408 e. The van der Waals surface area contributed by atoms with Gasteiger partial charge in [-0.25, -0.2) is 14.4 Å². The maximum absolute atomic E-state index is 13.7. The second-order valence-electron chi connectivity index (χ2n) is 13.1. The van der Waals surface area contributed by atoms with Crippen LogP contribution in [-0.2, 0) is 44.8 Å². The van der Waals surface area contributed by atoms with Crippen molar-refractivity contribution < 1.29 is 52.9 Å². The Balaban J connectivity index is 2.21. The van der Waals surface area contributed by atoms with Crippen LogP contribution in [0.25, 0.3) is 0 Å². The number of methoxy groups -OCH3 is 1. The summed E-state index contributed by atoms with van der Waals surface area (Å²) in [4.78, 5) is 88.8. The Hall–Kier alpha value is -5.71. The molecule has 0 bridgehead atoms. The lowest BCUT2D eigenvalue weighted by Crippen LogP contribution is -2.58. The van der Waals surface area contributed by atoms with Gasteiger partial charge in [0.25, 0.3) is 0 Å². The molecule has 0 saturated heterocycles. The Kier molecular flexibility index (Phi) is 19.0. The lowest BCUT2D eigenvalue weighted by atomic mass is 10.0. The number of nitrogens with one attached hydrogen (secondary N) is 5. The van der Waals surface area contributed by atoms with Crippen molar-refractivity contribution in [2.24, 2.45) is 17.6 Å². The Labute approximate surface area is 314 Å². The first-order chi connectivity index (χ1) is 25.6. The van der Waals surface area contributed by atoms with Gasteiger partial charge in [-0.2, -0.15) is 0 Å². The number of amides is 6. The largest absolute Gasteiger partial charge is 0.467 e. The molecular formula is C37H52N6O11. The molecule has 2 aromatic carbocycles. The Morgan fingerprint density at radius 1 is 0.778 bits per heavy atom. The average molecular weight is 757 g/mol. The SMILES string of the molecule is COC(=O)C(O)c1ccc(NC(=O)[C@H](CCCNC(N)=O)NC(=O)[C@@H](NC(=O)[C@H](CCC(=O)OCC(C)C)NC(=O)OCc2ccccc2)C(C)C)cc1. The quantitative estimate of drug-likeness (QED) is 0.0552. The first-order valence-corrected chi connectivity index (χ1v) is 17.5. The van der Waals surface area contributed by atoms with E-state index in [1.54, 1.807) is 44.2 Å². The minimum absolute atomic E-state index is 0.0473. The zero-order chi connectivity index (χ0) is 40.2. The van der Waals surface area contributed by atoms with Crippen molar-refractivity contribution in [2.75, 3.05) is 25.6 Å². The van der Waals surface area contributed by atoms with Crippen molar-refractivity contribution in [3.05, 3.63) is 65.7 Å². The molecule has 0 saturated carbocycles. The van der Waals surface area contributed by atoms with Gasteiger partial charge in [0.05, 0.1) is 13.7 Å². The number of aliphatic hydroxyl groups is 1. The molecule has 2 rings (SSSR count). The van der Waals surface area contributed by atoms with Crippen molar-refractivity contribution in [3.8, 4) is 0 Å². The van der Waals surface area contributed by atoms with Gasteiger partial charge in [-0.05, 0) is 54.4 Å². The molecule has 0 heterocycles. The summed E-state index contributed by atoms with van der Waals surface area (Å²) < 4.78 is 15.0. The molecule has 8 N–H and O–H groups in total. The molecule has 0 aliphatic heterocycles. The number of nitrogens with two attached hydrogens (primary N) is 1. The molecule has 0 fully saturated rings. The molecule has 0 aliphatic carbocycles. The standard InChI is InChI=1S/C37H52N6O11/c1-22(2)20-53-29(44)18-17-28(42-37(51)54-21-24-10-7-6-8-11-24)33(47)43-30(23(3)4)34(48)41-27(12-9-19-39-36(38)50)32(46)40-26-15-13-25(14-16-26)31(45)35(49)52-5/h6-8,10-11,13-16,22-23,27-28,30-31,45H,9,12,17-21H2,1-5H3,(H,40,46)(H,41,48)(H,42,51)(H,43,47)(H3,38,39,50)/t27-,28-,30-,31?/m0/s1. The van der Waals surface area contributed by atoms with Gasteiger partial charge in [0, 0.05) is 18.7 Å². The Bertz CT molecular complexity index is 1550. The fraction of sp³-hybridized carbons (Fsp3) is 0.486. The molecule has 0 aromatic heterocycles. The number of carbonyl (C=O) groups excluding carboxylic acids is 7. The second-order valence-corrected chi connectivity index (χ2v) is 13.1. The molecule has 4 atom stereocenters. The number of primary amides is 1. The predicted octanol–water partition coefficient (Wildman–Crippen LogP) is 2.18. The lowest BCUT2D eigenvalue weighted by Gasteiger charge is -2.27. The van der Waals surface area contributed by atoms with Crippen LogP contribution < -0.4 is 32.3 Å². The third-order valence-corrected chi connectivity index (χ3v) is 7.80. The van der Waals surface area contributed by atoms with Gasteiger partial charge in [-0.15, -0.1) is 0 Å². The Morgan fingerprint density at radius 2 is 1.43 bits per heavy atom. The molecule has 0 radical (unpaired) electrons. The van der Waals surface area contributed by atoms with E-state index >= 15 is 0 Å². The zero-order valence-electron chi connectivity index (χ0n) is 31.2. The highest BCUT2D eigenvalue weighted by molar-refractivity contribution is 5.99. The summed E-state index contributed by atoms with van der Waals surface area (Å²) in [6, 6.07) is 10.2. The summed E-state index contributed by atoms with van der Waals surface area (Å²) in [5, 5.41) is 22.9. The second kappa shape index (κ2) is 23.1. The highest BCUT2D eigenvalue weighted by Gasteiger charge is 2.32. The molecule has 17 nitrogen and oxygen atoms in total. The van der Waals surface area contributed by atoms with Crippen LogP contribution in [0.15, 0.2) is 54.6 Å². The van der Waals surface area contributed by atoms with Crippen LogP contribution in [-0.4, -0.2) is 85.3 Å². The number of rotatable bonds is 21. The summed E-state index contributed by atoms with van der Waals surface area (Å²) in [7, 11) is 1.13. The van der Waals surface area contributed by atoms with Gasteiger partial charge < -0.3 is 51.6 Å². The molecule has 54 heavy (non-hydrogen) atoms. The van der Waals surface area contributed by atoms with Crippen molar-refractivity contribution in [1.29, 1.82) is 0 Å². The number of carbonyl (C=O) groups is 7. The monoisotopic (exact) mass is 756 g/mol. The van der Waals surface area contributed by atoms with E-state index in [2.05, 4.69) is 31.3 Å². The van der Waals surface area contributed by atoms with Crippen molar-refractivity contribution in [1.82, 2.24) is 21.3 Å². The molecular weight excluding hydrogens is 704 g/mol. The van der Waals surface area contributed by atoms with Gasteiger partial charge in [0.1, 0.15) is 24.7 Å². The van der Waals surface area contributed by atoms with Gasteiger partial charge >= 0.3 is 24.1 Å².